The number of fused-ring (bicyclic) bond motifs is 10. The van der Waals surface area contributed by atoms with Crippen LogP contribution in [0.2, 0.25) is 0 Å². The molecular formula is C73H87N7O14. The SMILES string of the molecule is C.C.C#CCOCCC(=O)C[C@H](C(=O)N[C@@H](C)C(=O)Cc1ccc2nc3c(c4c2c1CCC4)Cn1c-3cc2c(c1=O)COC(=O)[C@]2(O)CC)C(C)C.CC[C@@]1(O)C(=O)OCc2c1cc1n(c2=O)Cc2c-1nc1ccc(CC(=O)[C@H](C)NC(=O)[C@@H](N)C(C)C)c3c1c2CCC3. The lowest BCUT2D eigenvalue weighted by molar-refractivity contribution is -0.172. The fourth-order valence-corrected chi connectivity index (χ4v) is 14.2. The molecule has 4 aliphatic heterocycles. The average Bonchev–Trinajstić information content (AvgIpc) is 1.52. The van der Waals surface area contributed by atoms with Gasteiger partial charge < -0.3 is 49.9 Å². The van der Waals surface area contributed by atoms with Crippen molar-refractivity contribution >= 4 is 62.9 Å². The number of amides is 2. The molecule has 6 N–H and O–H groups in total. The molecule has 0 fully saturated rings. The van der Waals surface area contributed by atoms with Crippen LogP contribution in [-0.4, -0.2) is 102 Å². The summed E-state index contributed by atoms with van der Waals surface area (Å²) in [5.41, 5.74) is 14.8. The molecule has 94 heavy (non-hydrogen) atoms. The number of hydrogen-bond donors (Lipinski definition) is 5. The number of carbonyl (C=O) groups excluding carboxylic acids is 7. The second-order valence-corrected chi connectivity index (χ2v) is 26.1. The zero-order valence-electron chi connectivity index (χ0n) is 53.4. The number of esters is 2. The van der Waals surface area contributed by atoms with Crippen LogP contribution in [0.5, 0.6) is 0 Å². The number of nitrogens with zero attached hydrogens (tertiary/aromatic N) is 4. The Morgan fingerprint density at radius 2 is 1.09 bits per heavy atom. The number of carbonyl (C=O) groups is 7. The van der Waals surface area contributed by atoms with Gasteiger partial charge in [0.2, 0.25) is 11.8 Å². The van der Waals surface area contributed by atoms with E-state index in [2.05, 4.69) is 16.6 Å². The van der Waals surface area contributed by atoms with E-state index in [1.54, 1.807) is 49.0 Å². The molecule has 0 saturated carbocycles. The number of nitrogens with two attached hydrogens (primary N) is 1. The molecule has 2 aromatic carbocycles. The monoisotopic (exact) mass is 1290 g/mol. The summed E-state index contributed by atoms with van der Waals surface area (Å²) >= 11 is 0. The maximum Gasteiger partial charge on any atom is 0.343 e. The Balaban J connectivity index is 0.000000220. The predicted octanol–water partition coefficient (Wildman–Crippen LogP) is 6.90. The van der Waals surface area contributed by atoms with Crippen molar-refractivity contribution in [1.29, 1.82) is 0 Å². The van der Waals surface area contributed by atoms with Crippen LogP contribution in [0.3, 0.4) is 0 Å². The number of aromatic nitrogens is 4. The van der Waals surface area contributed by atoms with E-state index in [4.69, 9.17) is 36.3 Å². The molecule has 4 aromatic heterocycles. The number of cyclic esters (lactones) is 2. The topological polar surface area (TPSA) is 307 Å². The lowest BCUT2D eigenvalue weighted by Gasteiger charge is -2.31. The van der Waals surface area contributed by atoms with E-state index in [1.807, 2.05) is 52.0 Å². The molecule has 21 nitrogen and oxygen atoms in total. The molecule has 0 saturated heterocycles. The summed E-state index contributed by atoms with van der Waals surface area (Å²) in [6.45, 7) is 14.8. The molecule has 12 rings (SSSR count). The fourth-order valence-electron chi connectivity index (χ4n) is 14.2. The van der Waals surface area contributed by atoms with Crippen LogP contribution in [0.1, 0.15) is 176 Å². The Bertz CT molecular complexity index is 4310. The van der Waals surface area contributed by atoms with E-state index in [9.17, 15) is 53.4 Å². The Morgan fingerprint density at radius 1 is 0.649 bits per heavy atom. The molecule has 8 heterocycles. The van der Waals surface area contributed by atoms with Crippen molar-refractivity contribution in [3.63, 3.8) is 0 Å². The first-order valence-corrected chi connectivity index (χ1v) is 32.1. The lowest BCUT2D eigenvalue weighted by Crippen LogP contribution is -2.49. The van der Waals surface area contributed by atoms with E-state index < -0.39 is 47.2 Å². The Morgan fingerprint density at radius 3 is 1.50 bits per heavy atom. The quantitative estimate of drug-likeness (QED) is 0.0294. The van der Waals surface area contributed by atoms with Gasteiger partial charge in [0.05, 0.1) is 82.8 Å². The zero-order chi connectivity index (χ0) is 66.0. The van der Waals surface area contributed by atoms with Crippen molar-refractivity contribution in [2.45, 2.75) is 203 Å². The number of pyridine rings is 4. The summed E-state index contributed by atoms with van der Waals surface area (Å²) in [4.78, 5) is 127. The first-order valence-electron chi connectivity index (χ1n) is 32.1. The Labute approximate surface area is 546 Å². The maximum atomic E-state index is 13.7. The van der Waals surface area contributed by atoms with Gasteiger partial charge in [-0.05, 0) is 135 Å². The fraction of sp³-hybridized carbons (Fsp3) is 0.493. The van der Waals surface area contributed by atoms with Gasteiger partial charge in [-0.3, -0.25) is 33.6 Å². The normalized spacial score (nSPS) is 18.8. The van der Waals surface area contributed by atoms with Crippen molar-refractivity contribution in [1.82, 2.24) is 29.7 Å². The van der Waals surface area contributed by atoms with Gasteiger partial charge in [-0.1, -0.05) is 74.4 Å². The van der Waals surface area contributed by atoms with Crippen LogP contribution in [0, 0.1) is 30.1 Å². The summed E-state index contributed by atoms with van der Waals surface area (Å²) in [6.07, 6.45) is 10.8. The third-order valence-corrected chi connectivity index (χ3v) is 19.8. The Hall–Kier alpha value is -8.55. The van der Waals surface area contributed by atoms with Gasteiger partial charge in [-0.25, -0.2) is 19.6 Å². The van der Waals surface area contributed by atoms with Gasteiger partial charge >= 0.3 is 11.9 Å². The van der Waals surface area contributed by atoms with E-state index >= 15 is 0 Å². The van der Waals surface area contributed by atoms with Crippen molar-refractivity contribution in [3.8, 4) is 35.1 Å². The summed E-state index contributed by atoms with van der Waals surface area (Å²) in [5, 5.41) is 30.0. The number of benzene rings is 2. The largest absolute Gasteiger partial charge is 0.458 e. The highest BCUT2D eigenvalue weighted by Gasteiger charge is 2.47. The van der Waals surface area contributed by atoms with E-state index in [1.165, 1.54) is 0 Å². The third-order valence-electron chi connectivity index (χ3n) is 19.8. The molecule has 0 radical (unpaired) electrons. The van der Waals surface area contributed by atoms with Crippen LogP contribution in [-0.2, 0) is 124 Å². The lowest BCUT2D eigenvalue weighted by atomic mass is 9.83. The predicted molar refractivity (Wildman–Crippen MR) is 354 cm³/mol. The number of terminal acetylenes is 1. The summed E-state index contributed by atoms with van der Waals surface area (Å²) in [5.74, 6) is -0.864. The minimum Gasteiger partial charge on any atom is -0.458 e. The summed E-state index contributed by atoms with van der Waals surface area (Å²) < 4.78 is 18.9. The van der Waals surface area contributed by atoms with Crippen LogP contribution in [0.4, 0.5) is 0 Å². The number of rotatable bonds is 20. The molecule has 6 aromatic rings. The second-order valence-electron chi connectivity index (χ2n) is 26.1. The highest BCUT2D eigenvalue weighted by Crippen LogP contribution is 2.45. The van der Waals surface area contributed by atoms with Gasteiger partial charge in [-0.2, -0.15) is 0 Å². The molecule has 0 bridgehead atoms. The van der Waals surface area contributed by atoms with E-state index in [0.717, 1.165) is 105 Å². The number of ether oxygens (including phenoxy) is 3. The molecule has 2 aliphatic carbocycles. The number of aliphatic hydroxyl groups is 2. The number of hydrogen-bond acceptors (Lipinski definition) is 17. The molecule has 0 unspecified atom stereocenters. The van der Waals surface area contributed by atoms with Crippen LogP contribution < -0.4 is 27.5 Å². The van der Waals surface area contributed by atoms with Crippen molar-refractivity contribution < 1.29 is 58.0 Å². The molecular weight excluding hydrogens is 1200 g/mol. The standard InChI is InChI=1S/C39H43N3O8.C32H36N4O6.2CH4/c1-6-14-49-15-13-24(43)17-27(21(3)4)36(45)40-22(5)33(44)16-23-11-12-31-34-25(23)9-8-10-26(34)28-19-42-32(35(28)41-31)18-30-29(37(42)46)20-50-38(47)39(30,48)7-2;1-5-32(41)22-12-24-28-20(13-36(24)30(39)21(22)14-42-31(32)40)19-8-6-7-18-17(9-10-23(35-28)26(18)19)11-25(37)16(4)34-29(38)27(33)15(2)3;;/h1,11-12,18,21-22,27,48H,7-10,13-17,19-20H2,2-5H3,(H,40,45);9-10,12,15-16,27,41H,5-8,11,13-14,33H2,1-4H3,(H,34,38);2*1H4/t22-,27-,39-;16-,27-,32-;;/m00../s1. The van der Waals surface area contributed by atoms with E-state index in [0.29, 0.717) is 47.0 Å². The maximum absolute atomic E-state index is 13.7. The van der Waals surface area contributed by atoms with Gasteiger partial charge in [-0.15, -0.1) is 6.42 Å². The smallest absolute Gasteiger partial charge is 0.343 e. The first kappa shape index (κ1) is 69.8. The first-order chi connectivity index (χ1) is 43.8. The van der Waals surface area contributed by atoms with Crippen LogP contribution in [0.25, 0.3) is 44.6 Å². The van der Waals surface area contributed by atoms with E-state index in [-0.39, 0.29) is 143 Å². The number of nitrogens with one attached hydrogen (secondary N) is 2. The molecule has 6 atom stereocenters. The van der Waals surface area contributed by atoms with Crippen molar-refractivity contribution in [2.75, 3.05) is 13.2 Å². The number of ketones is 3. The highest BCUT2D eigenvalue weighted by atomic mass is 16.6. The van der Waals surface area contributed by atoms with Gasteiger partial charge in [0.1, 0.15) is 25.6 Å². The summed E-state index contributed by atoms with van der Waals surface area (Å²) in [7, 11) is 0. The van der Waals surface area contributed by atoms with Crippen molar-refractivity contribution in [3.05, 3.63) is 124 Å². The molecule has 6 aliphatic rings. The number of aryl methyl sites for hydroxylation is 4. The minimum atomic E-state index is -1.90. The average molecular weight is 1290 g/mol. The Kier molecular flexibility index (Phi) is 20.4. The molecule has 21 heteroatoms. The molecule has 0 spiro atoms. The van der Waals surface area contributed by atoms with Gasteiger partial charge in [0.15, 0.2) is 22.8 Å². The second kappa shape index (κ2) is 27.4. The van der Waals surface area contributed by atoms with Gasteiger partial charge in [0, 0.05) is 64.6 Å². The van der Waals surface area contributed by atoms with Crippen LogP contribution >= 0.6 is 0 Å². The number of Topliss-reactive ketones (excluding diaryl/α,β-unsaturated/α-hetero) is 3. The summed E-state index contributed by atoms with van der Waals surface area (Å²) in [6, 6.07) is 9.00. The zero-order valence-corrected chi connectivity index (χ0v) is 53.4. The molecule has 498 valence electrons. The third kappa shape index (κ3) is 12.2. The van der Waals surface area contributed by atoms with Gasteiger partial charge in [0.25, 0.3) is 11.1 Å². The van der Waals surface area contributed by atoms with Crippen LogP contribution in [0.15, 0.2) is 46.0 Å². The van der Waals surface area contributed by atoms with Crippen molar-refractivity contribution in [2.24, 2.45) is 23.5 Å². The minimum absolute atomic E-state index is 0. The molecule has 2 amide bonds. The highest BCUT2D eigenvalue weighted by molar-refractivity contribution is 5.98.